The Kier molecular flexibility index (Phi) is 5.29. The van der Waals surface area contributed by atoms with Crippen molar-refractivity contribution in [3.63, 3.8) is 0 Å². The molecule has 0 aliphatic carbocycles. The van der Waals surface area contributed by atoms with Crippen LogP contribution < -0.4 is 11.1 Å². The SMILES string of the molecule is CC(C)(C)CC(C)(C)NC(=O)CCCN. The van der Waals surface area contributed by atoms with Crippen LogP contribution in [0.25, 0.3) is 0 Å². The van der Waals surface area contributed by atoms with Gasteiger partial charge in [0, 0.05) is 12.0 Å². The lowest BCUT2D eigenvalue weighted by Crippen LogP contribution is -2.45. The van der Waals surface area contributed by atoms with E-state index in [0.29, 0.717) is 13.0 Å². The van der Waals surface area contributed by atoms with Crippen molar-refractivity contribution in [1.29, 1.82) is 0 Å². The molecule has 0 unspecified atom stereocenters. The van der Waals surface area contributed by atoms with Gasteiger partial charge in [0.1, 0.15) is 0 Å². The van der Waals surface area contributed by atoms with Crippen molar-refractivity contribution in [1.82, 2.24) is 5.32 Å². The number of nitrogens with one attached hydrogen (secondary N) is 1. The average molecular weight is 214 g/mol. The van der Waals surface area contributed by atoms with Crippen LogP contribution in [0.4, 0.5) is 0 Å². The number of rotatable bonds is 5. The van der Waals surface area contributed by atoms with Crippen LogP contribution in [0.15, 0.2) is 0 Å². The Morgan fingerprint density at radius 1 is 1.20 bits per heavy atom. The summed E-state index contributed by atoms with van der Waals surface area (Å²) in [5, 5.41) is 3.05. The summed E-state index contributed by atoms with van der Waals surface area (Å²) in [5.41, 5.74) is 5.45. The summed E-state index contributed by atoms with van der Waals surface area (Å²) >= 11 is 0. The minimum Gasteiger partial charge on any atom is -0.351 e. The Morgan fingerprint density at radius 3 is 2.13 bits per heavy atom. The Bertz CT molecular complexity index is 204. The fourth-order valence-corrected chi connectivity index (χ4v) is 2.07. The van der Waals surface area contributed by atoms with E-state index in [0.717, 1.165) is 12.8 Å². The van der Waals surface area contributed by atoms with Gasteiger partial charge in [0.2, 0.25) is 5.91 Å². The zero-order valence-electron chi connectivity index (χ0n) is 10.8. The Morgan fingerprint density at radius 2 is 1.73 bits per heavy atom. The molecule has 0 saturated carbocycles. The Hall–Kier alpha value is -0.570. The molecule has 0 saturated heterocycles. The topological polar surface area (TPSA) is 55.1 Å². The average Bonchev–Trinajstić information content (AvgIpc) is 1.94. The van der Waals surface area contributed by atoms with E-state index in [1.165, 1.54) is 0 Å². The standard InChI is InChI=1S/C12H26N2O/c1-11(2,3)9-12(4,5)14-10(15)7-6-8-13/h6-9,13H2,1-5H3,(H,14,15). The van der Waals surface area contributed by atoms with E-state index >= 15 is 0 Å². The molecule has 0 fully saturated rings. The van der Waals surface area contributed by atoms with Gasteiger partial charge in [-0.15, -0.1) is 0 Å². The molecule has 3 heteroatoms. The zero-order valence-corrected chi connectivity index (χ0v) is 10.8. The molecule has 0 bridgehead atoms. The van der Waals surface area contributed by atoms with Crippen LogP contribution >= 0.6 is 0 Å². The van der Waals surface area contributed by atoms with Gasteiger partial charge in [-0.1, -0.05) is 20.8 Å². The highest BCUT2D eigenvalue weighted by molar-refractivity contribution is 5.76. The second-order valence-electron chi connectivity index (χ2n) is 6.06. The summed E-state index contributed by atoms with van der Waals surface area (Å²) in [7, 11) is 0. The van der Waals surface area contributed by atoms with Crippen LogP contribution in [0.5, 0.6) is 0 Å². The summed E-state index contributed by atoms with van der Waals surface area (Å²) in [5.74, 6) is 0.106. The minimum atomic E-state index is -0.135. The number of hydrogen-bond acceptors (Lipinski definition) is 2. The lowest BCUT2D eigenvalue weighted by atomic mass is 9.82. The molecule has 0 aromatic rings. The summed E-state index contributed by atoms with van der Waals surface area (Å²) in [6, 6.07) is 0. The van der Waals surface area contributed by atoms with Crippen LogP contribution in [0, 0.1) is 5.41 Å². The molecule has 3 nitrogen and oxygen atoms in total. The van der Waals surface area contributed by atoms with E-state index in [1.54, 1.807) is 0 Å². The third kappa shape index (κ3) is 8.43. The van der Waals surface area contributed by atoms with Crippen LogP contribution in [0.3, 0.4) is 0 Å². The molecule has 0 aromatic carbocycles. The molecule has 1 amide bonds. The minimum absolute atomic E-state index is 0.106. The lowest BCUT2D eigenvalue weighted by molar-refractivity contribution is -0.123. The molecule has 0 aromatic heterocycles. The zero-order chi connectivity index (χ0) is 12.1. The second-order valence-corrected chi connectivity index (χ2v) is 6.06. The van der Waals surface area contributed by atoms with Crippen LogP contribution in [0.2, 0.25) is 0 Å². The predicted octanol–water partition coefficient (Wildman–Crippen LogP) is 2.06. The summed E-state index contributed by atoms with van der Waals surface area (Å²) in [4.78, 5) is 11.5. The molecule has 0 aliphatic rings. The molecule has 0 atom stereocenters. The van der Waals surface area contributed by atoms with Gasteiger partial charge in [0.15, 0.2) is 0 Å². The van der Waals surface area contributed by atoms with Crippen molar-refractivity contribution in [2.24, 2.45) is 11.1 Å². The smallest absolute Gasteiger partial charge is 0.220 e. The molecule has 3 N–H and O–H groups in total. The Balaban J connectivity index is 4.07. The number of amides is 1. The van der Waals surface area contributed by atoms with Gasteiger partial charge >= 0.3 is 0 Å². The maximum absolute atomic E-state index is 11.5. The quantitative estimate of drug-likeness (QED) is 0.736. The second kappa shape index (κ2) is 5.50. The Labute approximate surface area is 93.8 Å². The first-order chi connectivity index (χ1) is 6.66. The summed E-state index contributed by atoms with van der Waals surface area (Å²) in [6.07, 6.45) is 2.26. The van der Waals surface area contributed by atoms with Gasteiger partial charge in [-0.3, -0.25) is 4.79 Å². The van der Waals surface area contributed by atoms with Crippen LogP contribution in [-0.4, -0.2) is 18.0 Å². The number of hydrogen-bond donors (Lipinski definition) is 2. The van der Waals surface area contributed by atoms with Crippen LogP contribution in [-0.2, 0) is 4.79 Å². The molecular weight excluding hydrogens is 188 g/mol. The molecule has 0 radical (unpaired) electrons. The molecule has 0 heterocycles. The van der Waals surface area contributed by atoms with E-state index in [4.69, 9.17) is 5.73 Å². The van der Waals surface area contributed by atoms with Crippen molar-refractivity contribution in [2.75, 3.05) is 6.54 Å². The van der Waals surface area contributed by atoms with Gasteiger partial charge < -0.3 is 11.1 Å². The first-order valence-corrected chi connectivity index (χ1v) is 5.67. The molecule has 0 rings (SSSR count). The summed E-state index contributed by atoms with van der Waals surface area (Å²) < 4.78 is 0. The third-order valence-electron chi connectivity index (χ3n) is 2.06. The van der Waals surface area contributed by atoms with Crippen molar-refractivity contribution in [3.8, 4) is 0 Å². The molecule has 0 spiro atoms. The maximum atomic E-state index is 11.5. The fraction of sp³-hybridized carbons (Fsp3) is 0.917. The number of carbonyl (C=O) groups excluding carboxylic acids is 1. The van der Waals surface area contributed by atoms with Crippen molar-refractivity contribution in [2.45, 2.75) is 59.4 Å². The van der Waals surface area contributed by atoms with E-state index < -0.39 is 0 Å². The van der Waals surface area contributed by atoms with Gasteiger partial charge in [-0.05, 0) is 38.6 Å². The van der Waals surface area contributed by atoms with Crippen molar-refractivity contribution >= 4 is 5.91 Å². The summed E-state index contributed by atoms with van der Waals surface area (Å²) in [6.45, 7) is 11.3. The first kappa shape index (κ1) is 14.4. The van der Waals surface area contributed by atoms with Gasteiger partial charge in [-0.25, -0.2) is 0 Å². The molecule has 0 aliphatic heterocycles. The van der Waals surface area contributed by atoms with Gasteiger partial charge in [0.05, 0.1) is 0 Å². The predicted molar refractivity (Wildman–Crippen MR) is 64.6 cm³/mol. The first-order valence-electron chi connectivity index (χ1n) is 5.67. The molecular formula is C12H26N2O. The van der Waals surface area contributed by atoms with E-state index in [9.17, 15) is 4.79 Å². The fourth-order valence-electron chi connectivity index (χ4n) is 2.07. The highest BCUT2D eigenvalue weighted by atomic mass is 16.1. The van der Waals surface area contributed by atoms with Crippen LogP contribution in [0.1, 0.15) is 53.9 Å². The van der Waals surface area contributed by atoms with E-state index in [2.05, 4.69) is 39.9 Å². The normalized spacial score (nSPS) is 12.7. The maximum Gasteiger partial charge on any atom is 0.220 e. The number of carbonyl (C=O) groups is 1. The van der Waals surface area contributed by atoms with Gasteiger partial charge in [-0.2, -0.15) is 0 Å². The largest absolute Gasteiger partial charge is 0.351 e. The lowest BCUT2D eigenvalue weighted by Gasteiger charge is -2.33. The van der Waals surface area contributed by atoms with Crippen molar-refractivity contribution < 1.29 is 4.79 Å². The third-order valence-corrected chi connectivity index (χ3v) is 2.06. The molecule has 15 heavy (non-hydrogen) atoms. The highest BCUT2D eigenvalue weighted by Crippen LogP contribution is 2.26. The number of nitrogens with two attached hydrogens (primary N) is 1. The molecule has 90 valence electrons. The highest BCUT2D eigenvalue weighted by Gasteiger charge is 2.26. The van der Waals surface area contributed by atoms with Crippen molar-refractivity contribution in [3.05, 3.63) is 0 Å². The van der Waals surface area contributed by atoms with E-state index in [1.807, 2.05) is 0 Å². The van der Waals surface area contributed by atoms with E-state index in [-0.39, 0.29) is 16.9 Å². The monoisotopic (exact) mass is 214 g/mol. The van der Waals surface area contributed by atoms with Gasteiger partial charge in [0.25, 0.3) is 0 Å².